The Hall–Kier alpha value is -2.82. The fourth-order valence-electron chi connectivity index (χ4n) is 2.01. The first-order chi connectivity index (χ1) is 14.0. The van der Waals surface area contributed by atoms with Crippen molar-refractivity contribution in [1.29, 1.82) is 0 Å². The number of nitrogens with zero attached hydrogens (tertiary/aromatic N) is 1. The summed E-state index contributed by atoms with van der Waals surface area (Å²) in [7, 11) is 0. The van der Waals surface area contributed by atoms with E-state index in [4.69, 9.17) is 0 Å². The van der Waals surface area contributed by atoms with Gasteiger partial charge in [0.25, 0.3) is 5.69 Å². The van der Waals surface area contributed by atoms with Gasteiger partial charge in [0.2, 0.25) is 0 Å². The Morgan fingerprint density at radius 1 is 0.812 bits per heavy atom. The number of nitrogens with one attached hydrogen (secondary N) is 1. The van der Waals surface area contributed by atoms with Gasteiger partial charge >= 0.3 is 41.7 Å². The molecule has 1 aromatic rings. The molecule has 0 atom stereocenters. The molecule has 0 aliphatic rings. The fraction of sp³-hybridized carbons (Fsp3) is 0.500. The van der Waals surface area contributed by atoms with Crippen LogP contribution in [-0.2, 0) is 4.79 Å². The quantitative estimate of drug-likeness (QED) is 0.303. The average Bonchev–Trinajstić information content (AvgIpc) is 2.61. The standard InChI is InChI=1S/C14H7F13N2O3/c1-5-4-6(29(31)32)2-3-7(5)28-8(30)9(15,16)10(17,18)11(19,20)12(21,22)13(23,24)14(25,26)27/h2-4H,1H3,(H,28,30). The second-order valence-corrected chi connectivity index (χ2v) is 6.08. The van der Waals surface area contributed by atoms with E-state index >= 15 is 0 Å². The van der Waals surface area contributed by atoms with E-state index in [9.17, 15) is 72.0 Å². The van der Waals surface area contributed by atoms with E-state index in [1.165, 1.54) is 0 Å². The van der Waals surface area contributed by atoms with E-state index in [2.05, 4.69) is 0 Å². The lowest BCUT2D eigenvalue weighted by Crippen LogP contribution is -2.71. The van der Waals surface area contributed by atoms with Crippen LogP contribution in [-0.4, -0.2) is 46.6 Å². The summed E-state index contributed by atoms with van der Waals surface area (Å²) in [5.41, 5.74) is -2.20. The molecule has 0 unspecified atom stereocenters. The van der Waals surface area contributed by atoms with Gasteiger partial charge in [0.1, 0.15) is 0 Å². The van der Waals surface area contributed by atoms with E-state index < -0.39 is 63.6 Å². The van der Waals surface area contributed by atoms with Crippen LogP contribution in [0.3, 0.4) is 0 Å². The number of carbonyl (C=O) groups excluding carboxylic acids is 1. The van der Waals surface area contributed by atoms with Crippen LogP contribution >= 0.6 is 0 Å². The molecule has 0 heterocycles. The molecular formula is C14H7F13N2O3. The minimum Gasteiger partial charge on any atom is -0.320 e. The second kappa shape index (κ2) is 7.65. The van der Waals surface area contributed by atoms with Gasteiger partial charge in [-0.05, 0) is 18.6 Å². The molecule has 0 aromatic heterocycles. The summed E-state index contributed by atoms with van der Waals surface area (Å²) in [6.07, 6.45) is -7.57. The number of anilines is 1. The lowest BCUT2D eigenvalue weighted by Gasteiger charge is -2.39. The summed E-state index contributed by atoms with van der Waals surface area (Å²) in [6, 6.07) is 1.51. The molecule has 32 heavy (non-hydrogen) atoms. The highest BCUT2D eigenvalue weighted by Crippen LogP contribution is 2.60. The smallest absolute Gasteiger partial charge is 0.320 e. The number of hydrogen-bond acceptors (Lipinski definition) is 3. The van der Waals surface area contributed by atoms with Gasteiger partial charge in [0, 0.05) is 17.8 Å². The second-order valence-electron chi connectivity index (χ2n) is 6.08. The number of amides is 1. The third-order valence-electron chi connectivity index (χ3n) is 3.89. The van der Waals surface area contributed by atoms with Crippen LogP contribution in [0.4, 0.5) is 68.5 Å². The Kier molecular flexibility index (Phi) is 6.50. The van der Waals surface area contributed by atoms with Gasteiger partial charge < -0.3 is 5.32 Å². The molecule has 0 radical (unpaired) electrons. The molecular weight excluding hydrogens is 491 g/mol. The van der Waals surface area contributed by atoms with Crippen LogP contribution in [0.2, 0.25) is 0 Å². The SMILES string of the molecule is Cc1cc([N+](=O)[O-])ccc1NC(=O)C(F)(F)C(F)(F)C(F)(F)C(F)(F)C(F)(F)C(F)(F)F. The molecule has 1 rings (SSSR count). The fourth-order valence-corrected chi connectivity index (χ4v) is 2.01. The van der Waals surface area contributed by atoms with Crippen molar-refractivity contribution in [1.82, 2.24) is 0 Å². The minimum absolute atomic E-state index is 0.435. The molecule has 0 saturated heterocycles. The van der Waals surface area contributed by atoms with Crippen LogP contribution in [0.1, 0.15) is 5.56 Å². The number of benzene rings is 1. The molecule has 0 fully saturated rings. The number of hydrogen-bond donors (Lipinski definition) is 1. The maximum Gasteiger partial charge on any atom is 0.460 e. The highest BCUT2D eigenvalue weighted by atomic mass is 19.4. The van der Waals surface area contributed by atoms with Gasteiger partial charge in [-0.2, -0.15) is 57.1 Å². The molecule has 0 bridgehead atoms. The van der Waals surface area contributed by atoms with Crippen LogP contribution in [0.5, 0.6) is 0 Å². The molecule has 1 aromatic carbocycles. The summed E-state index contributed by atoms with van der Waals surface area (Å²) < 4.78 is 169. The van der Waals surface area contributed by atoms with Gasteiger partial charge in [0.15, 0.2) is 0 Å². The summed E-state index contributed by atoms with van der Waals surface area (Å²) in [5, 5.41) is 11.4. The van der Waals surface area contributed by atoms with Crippen molar-refractivity contribution in [3.8, 4) is 0 Å². The summed E-state index contributed by atoms with van der Waals surface area (Å²) in [6.45, 7) is 0.853. The molecule has 18 heteroatoms. The Morgan fingerprint density at radius 3 is 1.62 bits per heavy atom. The van der Waals surface area contributed by atoms with Gasteiger partial charge in [-0.3, -0.25) is 14.9 Å². The monoisotopic (exact) mass is 498 g/mol. The van der Waals surface area contributed by atoms with Crippen molar-refractivity contribution in [2.75, 3.05) is 5.32 Å². The van der Waals surface area contributed by atoms with Crippen molar-refractivity contribution >= 4 is 17.3 Å². The third-order valence-corrected chi connectivity index (χ3v) is 3.89. The maximum absolute atomic E-state index is 13.7. The van der Waals surface area contributed by atoms with E-state index in [1.54, 1.807) is 0 Å². The summed E-state index contributed by atoms with van der Waals surface area (Å²) in [4.78, 5) is 20.9. The first-order valence-corrected chi connectivity index (χ1v) is 7.49. The molecule has 0 spiro atoms. The molecule has 5 nitrogen and oxygen atoms in total. The lowest BCUT2D eigenvalue weighted by atomic mass is 9.93. The van der Waals surface area contributed by atoms with Gasteiger partial charge in [-0.1, -0.05) is 0 Å². The van der Waals surface area contributed by atoms with Crippen molar-refractivity contribution in [3.05, 3.63) is 33.9 Å². The Balaban J connectivity index is 3.42. The van der Waals surface area contributed by atoms with Crippen LogP contribution in [0.15, 0.2) is 18.2 Å². The Bertz CT molecular complexity index is 912. The predicted octanol–water partition coefficient (Wildman–Crippen LogP) is 5.58. The number of carbonyl (C=O) groups is 1. The highest BCUT2D eigenvalue weighted by molar-refractivity contribution is 5.97. The minimum atomic E-state index is -8.13. The highest BCUT2D eigenvalue weighted by Gasteiger charge is 2.91. The lowest BCUT2D eigenvalue weighted by molar-refractivity contribution is -0.435. The average molecular weight is 498 g/mol. The van der Waals surface area contributed by atoms with Gasteiger partial charge in [0.05, 0.1) is 4.92 Å². The van der Waals surface area contributed by atoms with E-state index in [1.807, 2.05) is 0 Å². The van der Waals surface area contributed by atoms with Crippen molar-refractivity contribution < 1.29 is 66.8 Å². The largest absolute Gasteiger partial charge is 0.460 e. The number of nitro benzene ring substituents is 1. The normalized spacial score (nSPS) is 14.3. The molecule has 182 valence electrons. The molecule has 0 aliphatic carbocycles. The molecule has 1 amide bonds. The number of aryl methyl sites for hydroxylation is 1. The van der Waals surface area contributed by atoms with Crippen molar-refractivity contribution in [3.63, 3.8) is 0 Å². The summed E-state index contributed by atoms with van der Waals surface area (Å²) in [5.74, 6) is -42.4. The number of rotatable bonds is 7. The van der Waals surface area contributed by atoms with Crippen LogP contribution in [0.25, 0.3) is 0 Å². The van der Waals surface area contributed by atoms with E-state index in [0.717, 1.165) is 12.2 Å². The number of halogens is 13. The number of non-ortho nitro benzene ring substituents is 1. The molecule has 0 aliphatic heterocycles. The van der Waals surface area contributed by atoms with Crippen molar-refractivity contribution in [2.45, 2.75) is 42.7 Å². The first-order valence-electron chi connectivity index (χ1n) is 7.49. The van der Waals surface area contributed by atoms with E-state index in [-0.39, 0.29) is 0 Å². The maximum atomic E-state index is 13.7. The van der Waals surface area contributed by atoms with E-state index in [0.29, 0.717) is 18.2 Å². The molecule has 1 N–H and O–H groups in total. The zero-order chi connectivity index (χ0) is 25.7. The Morgan fingerprint density at radius 2 is 1.25 bits per heavy atom. The zero-order valence-electron chi connectivity index (χ0n) is 14.8. The topological polar surface area (TPSA) is 72.2 Å². The number of alkyl halides is 13. The van der Waals surface area contributed by atoms with Crippen LogP contribution < -0.4 is 5.32 Å². The Labute approximate surface area is 167 Å². The van der Waals surface area contributed by atoms with Gasteiger partial charge in [-0.15, -0.1) is 0 Å². The first kappa shape index (κ1) is 27.2. The molecule has 0 saturated carbocycles. The summed E-state index contributed by atoms with van der Waals surface area (Å²) >= 11 is 0. The predicted molar refractivity (Wildman–Crippen MR) is 77.3 cm³/mol. The van der Waals surface area contributed by atoms with Crippen LogP contribution in [0, 0.1) is 17.0 Å². The zero-order valence-corrected chi connectivity index (χ0v) is 14.8. The van der Waals surface area contributed by atoms with Gasteiger partial charge in [-0.25, -0.2) is 0 Å². The third kappa shape index (κ3) is 3.89. The van der Waals surface area contributed by atoms with Crippen molar-refractivity contribution in [2.24, 2.45) is 0 Å². The number of nitro groups is 1.